The molecule has 0 atom stereocenters. The molecule has 3 heteroatoms. The SMILES string of the molecule is CC(C)B1Nc2cccc3cccc(c23)N1. The molecule has 0 amide bonds. The summed E-state index contributed by atoms with van der Waals surface area (Å²) in [5.74, 6) is 0.559. The molecule has 0 saturated heterocycles. The molecule has 0 bridgehead atoms. The van der Waals surface area contributed by atoms with Crippen molar-refractivity contribution >= 4 is 29.1 Å². The van der Waals surface area contributed by atoms with Crippen molar-refractivity contribution in [2.45, 2.75) is 19.7 Å². The molecule has 0 aromatic heterocycles. The molecule has 0 spiro atoms. The summed E-state index contributed by atoms with van der Waals surface area (Å²) >= 11 is 0. The van der Waals surface area contributed by atoms with Crippen molar-refractivity contribution in [2.24, 2.45) is 0 Å². The van der Waals surface area contributed by atoms with Crippen LogP contribution in [-0.4, -0.2) is 6.98 Å². The summed E-state index contributed by atoms with van der Waals surface area (Å²) in [6.07, 6.45) is 0. The van der Waals surface area contributed by atoms with Gasteiger partial charge < -0.3 is 10.5 Å². The summed E-state index contributed by atoms with van der Waals surface area (Å²) in [6.45, 7) is 4.76. The lowest BCUT2D eigenvalue weighted by Gasteiger charge is -2.28. The van der Waals surface area contributed by atoms with Crippen molar-refractivity contribution in [3.8, 4) is 0 Å². The Labute approximate surface area is 96.2 Å². The van der Waals surface area contributed by atoms with Crippen LogP contribution in [0.15, 0.2) is 36.4 Å². The van der Waals surface area contributed by atoms with Crippen molar-refractivity contribution < 1.29 is 0 Å². The van der Waals surface area contributed by atoms with Gasteiger partial charge in [-0.15, -0.1) is 0 Å². The van der Waals surface area contributed by atoms with Gasteiger partial charge in [-0.1, -0.05) is 38.1 Å². The van der Waals surface area contributed by atoms with Gasteiger partial charge in [0.1, 0.15) is 0 Å². The van der Waals surface area contributed by atoms with Gasteiger partial charge in [0.05, 0.1) is 0 Å². The third kappa shape index (κ3) is 1.35. The number of hydrogen-bond acceptors (Lipinski definition) is 2. The van der Waals surface area contributed by atoms with Crippen LogP contribution in [0, 0.1) is 0 Å². The summed E-state index contributed by atoms with van der Waals surface area (Å²) in [4.78, 5) is 0. The smallest absolute Gasteiger partial charge is 0.372 e. The zero-order valence-corrected chi connectivity index (χ0v) is 9.62. The molecule has 0 saturated carbocycles. The highest BCUT2D eigenvalue weighted by molar-refractivity contribution is 6.69. The van der Waals surface area contributed by atoms with Crippen molar-refractivity contribution in [3.63, 3.8) is 0 Å². The fourth-order valence-corrected chi connectivity index (χ4v) is 2.29. The molecule has 1 aliphatic rings. The van der Waals surface area contributed by atoms with Crippen LogP contribution in [0.1, 0.15) is 13.8 Å². The average Bonchev–Trinajstić information content (AvgIpc) is 2.29. The van der Waals surface area contributed by atoms with Gasteiger partial charge in [0, 0.05) is 16.8 Å². The van der Waals surface area contributed by atoms with E-state index in [9.17, 15) is 0 Å². The molecule has 0 fully saturated rings. The Morgan fingerprint density at radius 1 is 0.938 bits per heavy atom. The molecule has 3 rings (SSSR count). The number of anilines is 2. The second-order valence-electron chi connectivity index (χ2n) is 4.72. The van der Waals surface area contributed by atoms with Gasteiger partial charge in [0.2, 0.25) is 0 Å². The van der Waals surface area contributed by atoms with Crippen LogP contribution >= 0.6 is 0 Å². The summed E-state index contributed by atoms with van der Waals surface area (Å²) in [6, 6.07) is 12.8. The quantitative estimate of drug-likeness (QED) is 0.703. The highest BCUT2D eigenvalue weighted by Gasteiger charge is 2.25. The first kappa shape index (κ1) is 9.58. The maximum Gasteiger partial charge on any atom is 0.372 e. The van der Waals surface area contributed by atoms with Crippen LogP contribution in [0.25, 0.3) is 10.8 Å². The lowest BCUT2D eigenvalue weighted by atomic mass is 9.62. The van der Waals surface area contributed by atoms with E-state index in [1.807, 2.05) is 0 Å². The molecular weight excluding hydrogens is 195 g/mol. The van der Waals surface area contributed by atoms with Crippen LogP contribution in [0.5, 0.6) is 0 Å². The number of rotatable bonds is 1. The van der Waals surface area contributed by atoms with Gasteiger partial charge >= 0.3 is 6.98 Å². The Hall–Kier alpha value is -1.64. The molecule has 0 unspecified atom stereocenters. The molecule has 2 nitrogen and oxygen atoms in total. The molecule has 1 aliphatic heterocycles. The van der Waals surface area contributed by atoms with Gasteiger partial charge in [-0.3, -0.25) is 0 Å². The largest absolute Gasteiger partial charge is 0.409 e. The zero-order valence-electron chi connectivity index (χ0n) is 9.62. The van der Waals surface area contributed by atoms with Crippen molar-refractivity contribution in [1.82, 2.24) is 0 Å². The molecule has 2 N–H and O–H groups in total. The van der Waals surface area contributed by atoms with E-state index in [1.54, 1.807) is 0 Å². The predicted octanol–water partition coefficient (Wildman–Crippen LogP) is 3.58. The standard InChI is InChI=1S/C13H15BN2/c1-9(2)14-15-11-7-3-5-10-6-4-8-12(16-14)13(10)11/h3-9,15-16H,1-2H3. The maximum absolute atomic E-state index is 3.55. The summed E-state index contributed by atoms with van der Waals surface area (Å²) in [5, 5.41) is 9.70. The average molecular weight is 210 g/mol. The first-order chi connectivity index (χ1) is 7.75. The molecule has 80 valence electrons. The molecule has 0 aliphatic carbocycles. The summed E-state index contributed by atoms with van der Waals surface area (Å²) in [5.41, 5.74) is 2.48. The van der Waals surface area contributed by atoms with Crippen LogP contribution in [0.2, 0.25) is 5.82 Å². The van der Waals surface area contributed by atoms with E-state index < -0.39 is 0 Å². The van der Waals surface area contributed by atoms with E-state index >= 15 is 0 Å². The topological polar surface area (TPSA) is 24.1 Å². The van der Waals surface area contributed by atoms with Crippen LogP contribution in [0.4, 0.5) is 11.4 Å². The third-order valence-corrected chi connectivity index (χ3v) is 3.19. The van der Waals surface area contributed by atoms with Crippen molar-refractivity contribution in [2.75, 3.05) is 10.5 Å². The van der Waals surface area contributed by atoms with E-state index in [4.69, 9.17) is 0 Å². The van der Waals surface area contributed by atoms with Crippen LogP contribution in [-0.2, 0) is 0 Å². The third-order valence-electron chi connectivity index (χ3n) is 3.19. The molecule has 16 heavy (non-hydrogen) atoms. The fraction of sp³-hybridized carbons (Fsp3) is 0.231. The Balaban J connectivity index is 2.20. The number of benzene rings is 2. The molecule has 1 heterocycles. The summed E-state index contributed by atoms with van der Waals surface area (Å²) in [7, 11) is 0. The van der Waals surface area contributed by atoms with Gasteiger partial charge in [-0.05, 0) is 23.3 Å². The molecule has 2 aromatic carbocycles. The van der Waals surface area contributed by atoms with Gasteiger partial charge in [-0.25, -0.2) is 0 Å². The lowest BCUT2D eigenvalue weighted by Crippen LogP contribution is -2.39. The molecule has 0 radical (unpaired) electrons. The Kier molecular flexibility index (Phi) is 2.06. The van der Waals surface area contributed by atoms with E-state index in [1.165, 1.54) is 22.1 Å². The van der Waals surface area contributed by atoms with Crippen molar-refractivity contribution in [3.05, 3.63) is 36.4 Å². The first-order valence-electron chi connectivity index (χ1n) is 5.80. The van der Waals surface area contributed by atoms with E-state index in [0.29, 0.717) is 12.8 Å². The second-order valence-corrected chi connectivity index (χ2v) is 4.72. The van der Waals surface area contributed by atoms with E-state index in [0.717, 1.165) is 0 Å². The number of hydrogen-bond donors (Lipinski definition) is 2. The van der Waals surface area contributed by atoms with Gasteiger partial charge in [0.15, 0.2) is 0 Å². The monoisotopic (exact) mass is 210 g/mol. The molecule has 2 aromatic rings. The van der Waals surface area contributed by atoms with E-state index in [-0.39, 0.29) is 0 Å². The van der Waals surface area contributed by atoms with Gasteiger partial charge in [0.25, 0.3) is 0 Å². The Morgan fingerprint density at radius 3 is 2.00 bits per heavy atom. The normalized spacial score (nSPS) is 13.8. The Bertz CT molecular complexity index is 496. The Morgan fingerprint density at radius 2 is 1.50 bits per heavy atom. The zero-order chi connectivity index (χ0) is 11.1. The maximum atomic E-state index is 3.55. The van der Waals surface area contributed by atoms with E-state index in [2.05, 4.69) is 60.7 Å². The summed E-state index contributed by atoms with van der Waals surface area (Å²) < 4.78 is 0. The van der Waals surface area contributed by atoms with Gasteiger partial charge in [-0.2, -0.15) is 0 Å². The minimum absolute atomic E-state index is 0.320. The highest BCUT2D eigenvalue weighted by Crippen LogP contribution is 2.35. The van der Waals surface area contributed by atoms with Crippen molar-refractivity contribution in [1.29, 1.82) is 0 Å². The fourth-order valence-electron chi connectivity index (χ4n) is 2.29. The second kappa shape index (κ2) is 3.44. The number of nitrogens with one attached hydrogen (secondary N) is 2. The molecular formula is C13H15BN2. The predicted molar refractivity (Wildman–Crippen MR) is 72.0 cm³/mol. The van der Waals surface area contributed by atoms with Crippen LogP contribution in [0.3, 0.4) is 0 Å². The minimum atomic E-state index is 0.320. The highest BCUT2D eigenvalue weighted by atomic mass is 15.0. The minimum Gasteiger partial charge on any atom is -0.409 e. The first-order valence-corrected chi connectivity index (χ1v) is 5.80. The lowest BCUT2D eigenvalue weighted by molar-refractivity contribution is 1.04. The van der Waals surface area contributed by atoms with Crippen LogP contribution < -0.4 is 10.5 Å².